The van der Waals surface area contributed by atoms with Gasteiger partial charge in [0.15, 0.2) is 0 Å². The molecular formula is C15H26N2O. The molecule has 0 aromatic heterocycles. The highest BCUT2D eigenvalue weighted by atomic mass is 16.2. The highest BCUT2D eigenvalue weighted by molar-refractivity contribution is 5.79. The maximum atomic E-state index is 12.3. The first-order valence-corrected chi connectivity index (χ1v) is 7.76. The van der Waals surface area contributed by atoms with E-state index in [2.05, 4.69) is 17.1 Å². The fraction of sp³-hybridized carbons (Fsp3) is 0.933. The number of rotatable bonds is 5. The minimum absolute atomic E-state index is 0.279. The molecule has 18 heavy (non-hydrogen) atoms. The van der Waals surface area contributed by atoms with Crippen LogP contribution >= 0.6 is 0 Å². The minimum Gasteiger partial charge on any atom is -0.342 e. The Hall–Kier alpha value is -0.570. The van der Waals surface area contributed by atoms with E-state index >= 15 is 0 Å². The van der Waals surface area contributed by atoms with Crippen molar-refractivity contribution in [3.05, 3.63) is 0 Å². The van der Waals surface area contributed by atoms with Gasteiger partial charge in [0.1, 0.15) is 0 Å². The fourth-order valence-corrected chi connectivity index (χ4v) is 3.05. The van der Waals surface area contributed by atoms with Gasteiger partial charge in [-0.1, -0.05) is 6.92 Å². The van der Waals surface area contributed by atoms with Gasteiger partial charge < -0.3 is 10.2 Å². The van der Waals surface area contributed by atoms with Gasteiger partial charge in [0.05, 0.1) is 0 Å². The first-order valence-electron chi connectivity index (χ1n) is 7.76. The van der Waals surface area contributed by atoms with E-state index in [1.165, 1.54) is 32.2 Å². The Morgan fingerprint density at radius 2 is 1.83 bits per heavy atom. The molecule has 3 fully saturated rings. The third-order valence-corrected chi connectivity index (χ3v) is 4.92. The van der Waals surface area contributed by atoms with E-state index in [0.29, 0.717) is 17.9 Å². The zero-order valence-electron chi connectivity index (χ0n) is 11.5. The van der Waals surface area contributed by atoms with E-state index in [-0.39, 0.29) is 5.92 Å². The topological polar surface area (TPSA) is 32.3 Å². The largest absolute Gasteiger partial charge is 0.342 e. The lowest BCUT2D eigenvalue weighted by Crippen LogP contribution is -2.47. The van der Waals surface area contributed by atoms with E-state index in [1.54, 1.807) is 0 Å². The van der Waals surface area contributed by atoms with Crippen LogP contribution in [0.2, 0.25) is 0 Å². The zero-order valence-corrected chi connectivity index (χ0v) is 11.5. The molecule has 1 unspecified atom stereocenters. The number of carbonyl (C=O) groups is 1. The Balaban J connectivity index is 1.39. The fourth-order valence-electron chi connectivity index (χ4n) is 3.05. The Bertz CT molecular complexity index is 302. The molecule has 1 amide bonds. The van der Waals surface area contributed by atoms with E-state index in [4.69, 9.17) is 0 Å². The van der Waals surface area contributed by atoms with Crippen LogP contribution in [0.5, 0.6) is 0 Å². The van der Waals surface area contributed by atoms with Crippen molar-refractivity contribution in [3.8, 4) is 0 Å². The molecule has 0 spiro atoms. The van der Waals surface area contributed by atoms with Crippen molar-refractivity contribution < 1.29 is 4.79 Å². The van der Waals surface area contributed by atoms with Crippen molar-refractivity contribution in [1.82, 2.24) is 10.2 Å². The Labute approximate surface area is 110 Å². The molecule has 1 heterocycles. The average molecular weight is 250 g/mol. The van der Waals surface area contributed by atoms with Crippen molar-refractivity contribution in [1.29, 1.82) is 0 Å². The van der Waals surface area contributed by atoms with E-state index < -0.39 is 0 Å². The monoisotopic (exact) mass is 250 g/mol. The molecule has 2 saturated carbocycles. The second kappa shape index (κ2) is 5.20. The number of hydrogen-bond donors (Lipinski definition) is 1. The van der Waals surface area contributed by atoms with Crippen LogP contribution in [0.25, 0.3) is 0 Å². The molecule has 102 valence electrons. The zero-order chi connectivity index (χ0) is 12.5. The predicted octanol–water partition coefficient (Wildman–Crippen LogP) is 2.02. The molecule has 0 radical (unpaired) electrons. The summed E-state index contributed by atoms with van der Waals surface area (Å²) in [5, 5.41) is 3.67. The van der Waals surface area contributed by atoms with E-state index in [9.17, 15) is 4.79 Å². The standard InChI is InChI=1S/C15H26N2O/c1-11(13-4-5-13)15(18)17-8-6-14(7-9-17)16-10-12-2-3-12/h11-14,16H,2-10H2,1H3. The number of nitrogens with one attached hydrogen (secondary N) is 1. The van der Waals surface area contributed by atoms with Crippen LogP contribution in [-0.2, 0) is 4.79 Å². The maximum Gasteiger partial charge on any atom is 0.225 e. The summed E-state index contributed by atoms with van der Waals surface area (Å²) in [4.78, 5) is 14.4. The first-order chi connectivity index (χ1) is 8.74. The van der Waals surface area contributed by atoms with Crippen LogP contribution in [0.1, 0.15) is 45.4 Å². The second-order valence-corrected chi connectivity index (χ2v) is 6.58. The number of carbonyl (C=O) groups excluding carboxylic acids is 1. The van der Waals surface area contributed by atoms with Crippen LogP contribution in [0, 0.1) is 17.8 Å². The van der Waals surface area contributed by atoms with Crippen LogP contribution in [-0.4, -0.2) is 36.5 Å². The summed E-state index contributed by atoms with van der Waals surface area (Å²) in [6.07, 6.45) is 7.68. The number of piperidine rings is 1. The lowest BCUT2D eigenvalue weighted by molar-refractivity contribution is -0.136. The summed E-state index contributed by atoms with van der Waals surface area (Å²) in [5.74, 6) is 2.35. The number of nitrogens with zero attached hydrogens (tertiary/aromatic N) is 1. The highest BCUT2D eigenvalue weighted by Crippen LogP contribution is 2.37. The third-order valence-electron chi connectivity index (χ3n) is 4.92. The van der Waals surface area contributed by atoms with Gasteiger partial charge in [-0.05, 0) is 56.9 Å². The smallest absolute Gasteiger partial charge is 0.225 e. The van der Waals surface area contributed by atoms with Crippen LogP contribution in [0.4, 0.5) is 0 Å². The van der Waals surface area contributed by atoms with Gasteiger partial charge in [-0.2, -0.15) is 0 Å². The maximum absolute atomic E-state index is 12.3. The first kappa shape index (κ1) is 12.5. The second-order valence-electron chi connectivity index (χ2n) is 6.58. The molecule has 0 aromatic carbocycles. The van der Waals surface area contributed by atoms with Crippen molar-refractivity contribution >= 4 is 5.91 Å². The number of amides is 1. The van der Waals surface area contributed by atoms with E-state index in [0.717, 1.165) is 31.8 Å². The summed E-state index contributed by atoms with van der Waals surface area (Å²) < 4.78 is 0. The molecule has 3 aliphatic rings. The molecule has 1 N–H and O–H groups in total. The summed E-state index contributed by atoms with van der Waals surface area (Å²) in [6, 6.07) is 0.658. The van der Waals surface area contributed by atoms with Gasteiger partial charge in [0.2, 0.25) is 5.91 Å². The van der Waals surface area contributed by atoms with Crippen molar-refractivity contribution in [2.24, 2.45) is 17.8 Å². The summed E-state index contributed by atoms with van der Waals surface area (Å²) in [6.45, 7) is 5.27. The van der Waals surface area contributed by atoms with Gasteiger partial charge in [-0.15, -0.1) is 0 Å². The molecular weight excluding hydrogens is 224 g/mol. The molecule has 0 aromatic rings. The Morgan fingerprint density at radius 1 is 1.17 bits per heavy atom. The molecule has 1 aliphatic heterocycles. The number of hydrogen-bond acceptors (Lipinski definition) is 2. The van der Waals surface area contributed by atoms with E-state index in [1.807, 2.05) is 0 Å². The van der Waals surface area contributed by atoms with Gasteiger partial charge >= 0.3 is 0 Å². The molecule has 3 nitrogen and oxygen atoms in total. The van der Waals surface area contributed by atoms with Crippen molar-refractivity contribution in [3.63, 3.8) is 0 Å². The quantitative estimate of drug-likeness (QED) is 0.809. The average Bonchev–Trinajstić information content (AvgIpc) is 3.29. The lowest BCUT2D eigenvalue weighted by Gasteiger charge is -2.34. The molecule has 1 atom stereocenters. The normalized spacial score (nSPS) is 27.3. The minimum atomic E-state index is 0.279. The van der Waals surface area contributed by atoms with Gasteiger partial charge in [0.25, 0.3) is 0 Å². The van der Waals surface area contributed by atoms with Crippen LogP contribution in [0.15, 0.2) is 0 Å². The molecule has 3 rings (SSSR count). The summed E-state index contributed by atoms with van der Waals surface area (Å²) >= 11 is 0. The molecule has 1 saturated heterocycles. The summed E-state index contributed by atoms with van der Waals surface area (Å²) in [5.41, 5.74) is 0. The lowest BCUT2D eigenvalue weighted by atomic mass is 10.00. The molecule has 0 bridgehead atoms. The summed E-state index contributed by atoms with van der Waals surface area (Å²) in [7, 11) is 0. The van der Waals surface area contributed by atoms with Crippen molar-refractivity contribution in [2.75, 3.05) is 19.6 Å². The third kappa shape index (κ3) is 3.05. The Morgan fingerprint density at radius 3 is 2.39 bits per heavy atom. The van der Waals surface area contributed by atoms with Gasteiger partial charge in [-0.3, -0.25) is 4.79 Å². The van der Waals surface area contributed by atoms with Gasteiger partial charge in [0, 0.05) is 25.0 Å². The molecule has 3 heteroatoms. The Kier molecular flexibility index (Phi) is 3.60. The number of likely N-dealkylation sites (tertiary alicyclic amines) is 1. The SMILES string of the molecule is CC(C(=O)N1CCC(NCC2CC2)CC1)C1CC1. The van der Waals surface area contributed by atoms with Crippen LogP contribution < -0.4 is 5.32 Å². The highest BCUT2D eigenvalue weighted by Gasteiger charge is 2.36. The van der Waals surface area contributed by atoms with Crippen molar-refractivity contribution in [2.45, 2.75) is 51.5 Å². The van der Waals surface area contributed by atoms with Crippen LogP contribution in [0.3, 0.4) is 0 Å². The predicted molar refractivity (Wildman–Crippen MR) is 72.2 cm³/mol. The molecule has 2 aliphatic carbocycles. The van der Waals surface area contributed by atoms with Gasteiger partial charge in [-0.25, -0.2) is 0 Å².